The summed E-state index contributed by atoms with van der Waals surface area (Å²) in [5, 5.41) is 19.4. The number of halogens is 1. The maximum Gasteiger partial charge on any atom is 0.165 e. The van der Waals surface area contributed by atoms with Crippen LogP contribution >= 0.6 is 11.6 Å². The lowest BCUT2D eigenvalue weighted by Gasteiger charge is -2.07. The van der Waals surface area contributed by atoms with Gasteiger partial charge in [0, 0.05) is 17.2 Å². The van der Waals surface area contributed by atoms with Crippen molar-refractivity contribution in [3.8, 4) is 22.6 Å². The van der Waals surface area contributed by atoms with Gasteiger partial charge in [-0.05, 0) is 6.07 Å². The van der Waals surface area contributed by atoms with Crippen LogP contribution in [0, 0.1) is 6.07 Å². The molecule has 0 spiro atoms. The van der Waals surface area contributed by atoms with Crippen LogP contribution in [0.15, 0.2) is 36.4 Å². The van der Waals surface area contributed by atoms with Crippen LogP contribution in [0.4, 0.5) is 0 Å². The number of benzene rings is 2. The second-order valence-electron chi connectivity index (χ2n) is 3.07. The van der Waals surface area contributed by atoms with Gasteiger partial charge in [-0.15, -0.1) is 0 Å². The van der Waals surface area contributed by atoms with E-state index < -0.39 is 0 Å². The Morgan fingerprint density at radius 3 is 2.47 bits per heavy atom. The first-order valence-electron chi connectivity index (χ1n) is 4.37. The number of phenols is 2. The molecule has 1 radical (unpaired) electrons. The highest BCUT2D eigenvalue weighted by atomic mass is 35.5. The van der Waals surface area contributed by atoms with Crippen molar-refractivity contribution in [3.05, 3.63) is 47.5 Å². The van der Waals surface area contributed by atoms with Crippen LogP contribution in [0.3, 0.4) is 0 Å². The maximum absolute atomic E-state index is 9.65. The van der Waals surface area contributed by atoms with Crippen molar-refractivity contribution < 1.29 is 10.2 Å². The monoisotopic (exact) mass is 219 g/mol. The van der Waals surface area contributed by atoms with Crippen LogP contribution in [0.2, 0.25) is 5.02 Å². The van der Waals surface area contributed by atoms with Gasteiger partial charge in [-0.3, -0.25) is 0 Å². The van der Waals surface area contributed by atoms with E-state index in [1.807, 2.05) is 0 Å². The summed E-state index contributed by atoms with van der Waals surface area (Å²) in [5.74, 6) is -0.327. The summed E-state index contributed by atoms with van der Waals surface area (Å²) >= 11 is 5.93. The van der Waals surface area contributed by atoms with Gasteiger partial charge in [-0.25, -0.2) is 0 Å². The van der Waals surface area contributed by atoms with E-state index in [1.165, 1.54) is 6.07 Å². The van der Waals surface area contributed by atoms with Gasteiger partial charge in [0.05, 0.1) is 5.02 Å². The molecule has 2 aromatic carbocycles. The molecule has 0 saturated heterocycles. The van der Waals surface area contributed by atoms with E-state index >= 15 is 0 Å². The summed E-state index contributed by atoms with van der Waals surface area (Å²) in [5.41, 5.74) is 1.14. The van der Waals surface area contributed by atoms with E-state index in [2.05, 4.69) is 6.07 Å². The molecule has 0 aliphatic rings. The number of aromatic hydroxyl groups is 2. The van der Waals surface area contributed by atoms with Gasteiger partial charge in [0.15, 0.2) is 11.5 Å². The van der Waals surface area contributed by atoms with Crippen LogP contribution in [0.5, 0.6) is 11.5 Å². The fourth-order valence-electron chi connectivity index (χ4n) is 1.37. The molecule has 2 N–H and O–H groups in total. The minimum atomic E-state index is -0.168. The molecular formula is C12H8ClO2. The highest BCUT2D eigenvalue weighted by Gasteiger charge is 2.10. The molecule has 2 aromatic rings. The zero-order chi connectivity index (χ0) is 10.8. The molecule has 0 saturated carbocycles. The zero-order valence-corrected chi connectivity index (χ0v) is 8.49. The maximum atomic E-state index is 9.65. The third-order valence-electron chi connectivity index (χ3n) is 2.11. The summed E-state index contributed by atoms with van der Waals surface area (Å²) in [6, 6.07) is 12.8. The van der Waals surface area contributed by atoms with Crippen LogP contribution in [-0.2, 0) is 0 Å². The fourth-order valence-corrected chi connectivity index (χ4v) is 1.60. The summed E-state index contributed by atoms with van der Waals surface area (Å²) in [4.78, 5) is 0. The first-order valence-corrected chi connectivity index (χ1v) is 4.75. The van der Waals surface area contributed by atoms with Gasteiger partial charge in [-0.2, -0.15) is 0 Å². The Bertz CT molecular complexity index is 495. The molecule has 15 heavy (non-hydrogen) atoms. The largest absolute Gasteiger partial charge is 0.504 e. The Labute approximate surface area is 92.4 Å². The van der Waals surface area contributed by atoms with Crippen LogP contribution in [-0.4, -0.2) is 10.2 Å². The van der Waals surface area contributed by atoms with Crippen molar-refractivity contribution in [1.29, 1.82) is 0 Å². The van der Waals surface area contributed by atoms with Crippen molar-refractivity contribution in [2.75, 3.05) is 0 Å². The quantitative estimate of drug-likeness (QED) is 0.723. The van der Waals surface area contributed by atoms with Gasteiger partial charge in [-0.1, -0.05) is 41.9 Å². The molecular weight excluding hydrogens is 212 g/mol. The molecule has 0 aliphatic carbocycles. The topological polar surface area (TPSA) is 40.5 Å². The molecule has 2 rings (SSSR count). The Morgan fingerprint density at radius 2 is 1.73 bits per heavy atom. The second-order valence-corrected chi connectivity index (χ2v) is 3.45. The smallest absolute Gasteiger partial charge is 0.165 e. The Morgan fingerprint density at radius 1 is 1.00 bits per heavy atom. The molecule has 0 fully saturated rings. The third-order valence-corrected chi connectivity index (χ3v) is 2.42. The van der Waals surface area contributed by atoms with Gasteiger partial charge in [0.2, 0.25) is 0 Å². The average molecular weight is 220 g/mol. The number of para-hydroxylation sites is 1. The molecule has 0 bridgehead atoms. The van der Waals surface area contributed by atoms with E-state index in [4.69, 9.17) is 11.6 Å². The molecule has 75 valence electrons. The Kier molecular flexibility index (Phi) is 2.52. The summed E-state index contributed by atoms with van der Waals surface area (Å²) in [6.07, 6.45) is 0. The molecule has 0 atom stereocenters. The summed E-state index contributed by atoms with van der Waals surface area (Å²) in [6.45, 7) is 0. The Balaban J connectivity index is 2.65. The first kappa shape index (κ1) is 9.87. The predicted octanol–water partition coefficient (Wildman–Crippen LogP) is 3.22. The van der Waals surface area contributed by atoms with Gasteiger partial charge in [0.1, 0.15) is 0 Å². The van der Waals surface area contributed by atoms with Gasteiger partial charge >= 0.3 is 0 Å². The first-order chi connectivity index (χ1) is 7.20. The highest BCUT2D eigenvalue weighted by Crippen LogP contribution is 2.38. The number of hydrogen-bond acceptors (Lipinski definition) is 2. The normalized spacial score (nSPS) is 10.2. The van der Waals surface area contributed by atoms with Crippen molar-refractivity contribution in [2.45, 2.75) is 0 Å². The average Bonchev–Trinajstić information content (AvgIpc) is 2.23. The Hall–Kier alpha value is -1.67. The predicted molar refractivity (Wildman–Crippen MR) is 59.1 cm³/mol. The molecule has 0 heterocycles. The number of hydrogen-bond donors (Lipinski definition) is 2. The van der Waals surface area contributed by atoms with E-state index in [9.17, 15) is 10.2 Å². The standard InChI is InChI=1S/C12H8ClO2/c13-10-6-2-1-4-8(10)9-5-3-7-11(14)12(9)15/h1-5,7,14-15H. The van der Waals surface area contributed by atoms with E-state index in [-0.39, 0.29) is 11.5 Å². The van der Waals surface area contributed by atoms with Gasteiger partial charge < -0.3 is 10.2 Å². The summed E-state index contributed by atoms with van der Waals surface area (Å²) in [7, 11) is 0. The lowest BCUT2D eigenvalue weighted by molar-refractivity contribution is 0.405. The minimum absolute atomic E-state index is 0.160. The molecule has 2 nitrogen and oxygen atoms in total. The molecule has 0 amide bonds. The fraction of sp³-hybridized carbons (Fsp3) is 0. The van der Waals surface area contributed by atoms with Crippen molar-refractivity contribution in [3.63, 3.8) is 0 Å². The van der Waals surface area contributed by atoms with Crippen molar-refractivity contribution in [2.24, 2.45) is 0 Å². The van der Waals surface area contributed by atoms with Crippen molar-refractivity contribution >= 4 is 11.6 Å². The number of rotatable bonds is 1. The lowest BCUT2D eigenvalue weighted by atomic mass is 10.0. The minimum Gasteiger partial charge on any atom is -0.504 e. The van der Waals surface area contributed by atoms with E-state index in [0.717, 1.165) is 0 Å². The summed E-state index contributed by atoms with van der Waals surface area (Å²) < 4.78 is 0. The van der Waals surface area contributed by atoms with Crippen LogP contribution < -0.4 is 0 Å². The molecule has 0 unspecified atom stereocenters. The third kappa shape index (κ3) is 1.76. The SMILES string of the molecule is Oc1cccc(-c2ccc[c]c2Cl)c1O. The number of phenolic OH excluding ortho intramolecular Hbond substituents is 2. The highest BCUT2D eigenvalue weighted by molar-refractivity contribution is 6.33. The van der Waals surface area contributed by atoms with E-state index in [1.54, 1.807) is 30.3 Å². The second kappa shape index (κ2) is 3.83. The van der Waals surface area contributed by atoms with Gasteiger partial charge in [0.25, 0.3) is 0 Å². The lowest BCUT2D eigenvalue weighted by Crippen LogP contribution is -1.81. The van der Waals surface area contributed by atoms with Crippen LogP contribution in [0.25, 0.3) is 11.1 Å². The zero-order valence-electron chi connectivity index (χ0n) is 7.74. The molecule has 0 aromatic heterocycles. The van der Waals surface area contributed by atoms with Crippen LogP contribution in [0.1, 0.15) is 0 Å². The molecule has 0 aliphatic heterocycles. The molecule has 3 heteroatoms. The van der Waals surface area contributed by atoms with E-state index in [0.29, 0.717) is 16.1 Å². The van der Waals surface area contributed by atoms with Crippen molar-refractivity contribution in [1.82, 2.24) is 0 Å².